The van der Waals surface area contributed by atoms with Gasteiger partial charge >= 0.3 is 0 Å². The molecule has 0 aliphatic carbocycles. The summed E-state index contributed by atoms with van der Waals surface area (Å²) in [7, 11) is 0. The summed E-state index contributed by atoms with van der Waals surface area (Å²) in [4.78, 5) is 11.0. The second kappa shape index (κ2) is 3.30. The van der Waals surface area contributed by atoms with E-state index in [4.69, 9.17) is 0 Å². The van der Waals surface area contributed by atoms with Crippen molar-refractivity contribution in [2.24, 2.45) is 0 Å². The number of carbonyl (C=O) groups excluding carboxylic acids is 1. The number of rotatable bonds is 1. The van der Waals surface area contributed by atoms with Crippen molar-refractivity contribution >= 4 is 5.78 Å². The molecule has 2 heteroatoms. The van der Waals surface area contributed by atoms with Gasteiger partial charge in [0, 0.05) is 12.5 Å². The van der Waals surface area contributed by atoms with Gasteiger partial charge in [-0.2, -0.15) is 0 Å². The lowest BCUT2D eigenvalue weighted by atomic mass is 10.0. The Morgan fingerprint density at radius 3 is 2.92 bits per heavy atom. The van der Waals surface area contributed by atoms with Gasteiger partial charge in [-0.05, 0) is 12.5 Å². The van der Waals surface area contributed by atoms with E-state index in [-0.39, 0.29) is 6.04 Å². The third-order valence-corrected chi connectivity index (χ3v) is 2.42. The highest BCUT2D eigenvalue weighted by atomic mass is 16.1. The Morgan fingerprint density at radius 2 is 2.31 bits per heavy atom. The monoisotopic (exact) mass is 175 g/mol. The van der Waals surface area contributed by atoms with Gasteiger partial charge in [0.05, 0.1) is 6.54 Å². The Morgan fingerprint density at radius 1 is 1.46 bits per heavy atom. The van der Waals surface area contributed by atoms with Crippen LogP contribution in [0.2, 0.25) is 0 Å². The maximum absolute atomic E-state index is 11.0. The summed E-state index contributed by atoms with van der Waals surface area (Å²) in [5, 5.41) is 3.20. The third kappa shape index (κ3) is 1.78. The van der Waals surface area contributed by atoms with Crippen LogP contribution in [0.15, 0.2) is 24.3 Å². The topological polar surface area (TPSA) is 29.1 Å². The lowest BCUT2D eigenvalue weighted by Gasteiger charge is -2.09. The molecule has 1 aliphatic rings. The smallest absolute Gasteiger partial charge is 0.148 e. The van der Waals surface area contributed by atoms with Gasteiger partial charge in [-0.1, -0.05) is 29.8 Å². The molecule has 0 amide bonds. The first-order chi connectivity index (χ1) is 6.25. The van der Waals surface area contributed by atoms with Crippen LogP contribution in [-0.4, -0.2) is 12.3 Å². The van der Waals surface area contributed by atoms with E-state index < -0.39 is 0 Å². The number of aryl methyl sites for hydroxylation is 1. The molecule has 1 unspecified atom stereocenters. The molecule has 0 radical (unpaired) electrons. The van der Waals surface area contributed by atoms with Crippen molar-refractivity contribution < 1.29 is 4.79 Å². The first-order valence-electron chi connectivity index (χ1n) is 4.57. The van der Waals surface area contributed by atoms with Gasteiger partial charge < -0.3 is 5.32 Å². The minimum absolute atomic E-state index is 0.243. The Hall–Kier alpha value is -1.15. The zero-order valence-electron chi connectivity index (χ0n) is 7.71. The minimum Gasteiger partial charge on any atom is -0.303 e. The summed E-state index contributed by atoms with van der Waals surface area (Å²) in [5.41, 5.74) is 2.48. The SMILES string of the molecule is Cc1cccc(C2CC(=O)CN2)c1. The molecule has 1 N–H and O–H groups in total. The molecule has 1 atom stereocenters. The van der Waals surface area contributed by atoms with Crippen molar-refractivity contribution in [3.63, 3.8) is 0 Å². The van der Waals surface area contributed by atoms with Gasteiger partial charge in [0.2, 0.25) is 0 Å². The average Bonchev–Trinajstić information content (AvgIpc) is 2.52. The van der Waals surface area contributed by atoms with Crippen molar-refractivity contribution in [2.45, 2.75) is 19.4 Å². The standard InChI is InChI=1S/C11H13NO/c1-8-3-2-4-9(5-8)11-6-10(13)7-12-11/h2-5,11-12H,6-7H2,1H3. The fraction of sp³-hybridized carbons (Fsp3) is 0.364. The summed E-state index contributed by atoms with van der Waals surface area (Å²) in [5.74, 6) is 0.312. The van der Waals surface area contributed by atoms with Crippen molar-refractivity contribution in [3.05, 3.63) is 35.4 Å². The van der Waals surface area contributed by atoms with Crippen LogP contribution in [0.3, 0.4) is 0 Å². The second-order valence-electron chi connectivity index (χ2n) is 3.59. The van der Waals surface area contributed by atoms with Crippen LogP contribution in [0, 0.1) is 6.92 Å². The molecular formula is C11H13NO. The summed E-state index contributed by atoms with van der Waals surface area (Å²) < 4.78 is 0. The van der Waals surface area contributed by atoms with Crippen LogP contribution < -0.4 is 5.32 Å². The number of nitrogens with one attached hydrogen (secondary N) is 1. The lowest BCUT2D eigenvalue weighted by Crippen LogP contribution is -2.13. The molecule has 0 spiro atoms. The molecule has 0 bridgehead atoms. The molecule has 2 nitrogen and oxygen atoms in total. The van der Waals surface area contributed by atoms with Gasteiger partial charge in [0.15, 0.2) is 0 Å². The predicted molar refractivity (Wildman–Crippen MR) is 51.5 cm³/mol. The highest BCUT2D eigenvalue weighted by molar-refractivity contribution is 5.83. The molecule has 13 heavy (non-hydrogen) atoms. The molecule has 68 valence electrons. The number of Topliss-reactive ketones (excluding diaryl/α,β-unsaturated/α-hetero) is 1. The molecule has 1 saturated heterocycles. The van der Waals surface area contributed by atoms with Crippen LogP contribution >= 0.6 is 0 Å². The number of ketones is 1. The first kappa shape index (κ1) is 8.45. The maximum atomic E-state index is 11.0. The largest absolute Gasteiger partial charge is 0.303 e. The maximum Gasteiger partial charge on any atom is 0.148 e. The normalized spacial score (nSPS) is 22.2. The fourth-order valence-electron chi connectivity index (χ4n) is 1.73. The molecule has 1 aromatic carbocycles. The van der Waals surface area contributed by atoms with E-state index in [1.54, 1.807) is 0 Å². The van der Waals surface area contributed by atoms with Crippen molar-refractivity contribution in [1.82, 2.24) is 5.32 Å². The average molecular weight is 175 g/mol. The summed E-state index contributed by atoms with van der Waals surface area (Å²) in [6, 6.07) is 8.56. The molecule has 1 aliphatic heterocycles. The van der Waals surface area contributed by atoms with Gasteiger partial charge in [-0.25, -0.2) is 0 Å². The summed E-state index contributed by atoms with van der Waals surface area (Å²) in [6.07, 6.45) is 0.642. The molecule has 1 fully saturated rings. The third-order valence-electron chi connectivity index (χ3n) is 2.42. The van der Waals surface area contributed by atoms with E-state index in [1.807, 2.05) is 6.07 Å². The van der Waals surface area contributed by atoms with E-state index in [0.29, 0.717) is 18.7 Å². The van der Waals surface area contributed by atoms with E-state index in [1.165, 1.54) is 11.1 Å². The molecule has 0 aromatic heterocycles. The van der Waals surface area contributed by atoms with E-state index in [0.717, 1.165) is 0 Å². The second-order valence-corrected chi connectivity index (χ2v) is 3.59. The molecule has 0 saturated carbocycles. The quantitative estimate of drug-likeness (QED) is 0.702. The highest BCUT2D eigenvalue weighted by Gasteiger charge is 2.22. The molecule has 1 heterocycles. The fourth-order valence-corrected chi connectivity index (χ4v) is 1.73. The summed E-state index contributed by atoms with van der Waals surface area (Å²) >= 11 is 0. The highest BCUT2D eigenvalue weighted by Crippen LogP contribution is 2.21. The van der Waals surface area contributed by atoms with Crippen LogP contribution in [-0.2, 0) is 4.79 Å². The van der Waals surface area contributed by atoms with Crippen LogP contribution in [0.25, 0.3) is 0 Å². The number of benzene rings is 1. The number of carbonyl (C=O) groups is 1. The van der Waals surface area contributed by atoms with Crippen molar-refractivity contribution in [2.75, 3.05) is 6.54 Å². The molecule has 2 rings (SSSR count). The van der Waals surface area contributed by atoms with Gasteiger partial charge in [-0.3, -0.25) is 4.79 Å². The Kier molecular flexibility index (Phi) is 2.15. The zero-order chi connectivity index (χ0) is 9.26. The van der Waals surface area contributed by atoms with Crippen LogP contribution in [0.5, 0.6) is 0 Å². The molecule has 1 aromatic rings. The zero-order valence-corrected chi connectivity index (χ0v) is 7.71. The van der Waals surface area contributed by atoms with Crippen molar-refractivity contribution in [1.29, 1.82) is 0 Å². The number of hydrogen-bond donors (Lipinski definition) is 1. The Balaban J connectivity index is 2.21. The van der Waals surface area contributed by atoms with Crippen molar-refractivity contribution in [3.8, 4) is 0 Å². The first-order valence-corrected chi connectivity index (χ1v) is 4.57. The van der Waals surface area contributed by atoms with Gasteiger partial charge in [-0.15, -0.1) is 0 Å². The molecular weight excluding hydrogens is 162 g/mol. The minimum atomic E-state index is 0.243. The summed E-state index contributed by atoms with van der Waals surface area (Å²) in [6.45, 7) is 2.60. The van der Waals surface area contributed by atoms with Gasteiger partial charge in [0.25, 0.3) is 0 Å². The van der Waals surface area contributed by atoms with Crippen LogP contribution in [0.1, 0.15) is 23.6 Å². The predicted octanol–water partition coefficient (Wildman–Crippen LogP) is 1.60. The lowest BCUT2D eigenvalue weighted by molar-refractivity contribution is -0.116. The van der Waals surface area contributed by atoms with Crippen LogP contribution in [0.4, 0.5) is 0 Å². The van der Waals surface area contributed by atoms with E-state index in [9.17, 15) is 4.79 Å². The Labute approximate surface area is 78.0 Å². The van der Waals surface area contributed by atoms with Gasteiger partial charge in [0.1, 0.15) is 5.78 Å². The number of hydrogen-bond acceptors (Lipinski definition) is 2. The van der Waals surface area contributed by atoms with E-state index >= 15 is 0 Å². The van der Waals surface area contributed by atoms with E-state index in [2.05, 4.69) is 30.4 Å². The Bertz CT molecular complexity index is 333.